The van der Waals surface area contributed by atoms with Crippen LogP contribution in [0.3, 0.4) is 0 Å². The summed E-state index contributed by atoms with van der Waals surface area (Å²) < 4.78 is 21.5. The van der Waals surface area contributed by atoms with E-state index in [1.807, 2.05) is 6.07 Å². The van der Waals surface area contributed by atoms with Gasteiger partial charge in [0.1, 0.15) is 6.10 Å². The first-order valence-corrected chi connectivity index (χ1v) is 10.2. The summed E-state index contributed by atoms with van der Waals surface area (Å²) in [6.45, 7) is 0. The fraction of sp³-hybridized carbons (Fsp3) is 0.333. The summed E-state index contributed by atoms with van der Waals surface area (Å²) in [6.07, 6.45) is -0.431. The van der Waals surface area contributed by atoms with E-state index in [1.165, 1.54) is 21.3 Å². The molecule has 2 aromatic carbocycles. The molecule has 0 unspecified atom stereocenters. The van der Waals surface area contributed by atoms with Crippen LogP contribution in [0, 0.1) is 0 Å². The van der Waals surface area contributed by atoms with Gasteiger partial charge in [-0.15, -0.1) is 0 Å². The number of esters is 1. The van der Waals surface area contributed by atoms with E-state index < -0.39 is 12.1 Å². The van der Waals surface area contributed by atoms with Crippen molar-refractivity contribution in [1.82, 2.24) is 5.32 Å². The quantitative estimate of drug-likeness (QED) is 0.694. The molecule has 7 nitrogen and oxygen atoms in total. The van der Waals surface area contributed by atoms with Crippen LogP contribution < -0.4 is 19.5 Å². The lowest BCUT2D eigenvalue weighted by Crippen LogP contribution is -2.44. The first-order chi connectivity index (χ1) is 14.1. The van der Waals surface area contributed by atoms with Gasteiger partial charge in [-0.25, -0.2) is 4.79 Å². The van der Waals surface area contributed by atoms with E-state index in [2.05, 4.69) is 5.32 Å². The van der Waals surface area contributed by atoms with Crippen molar-refractivity contribution in [3.05, 3.63) is 53.6 Å². The first-order valence-electron chi connectivity index (χ1n) is 9.02. The molecule has 29 heavy (non-hydrogen) atoms. The van der Waals surface area contributed by atoms with Crippen LogP contribution in [0.15, 0.2) is 42.5 Å². The van der Waals surface area contributed by atoms with E-state index in [0.717, 1.165) is 0 Å². The highest BCUT2D eigenvalue weighted by Gasteiger charge is 2.33. The Morgan fingerprint density at radius 2 is 1.59 bits per heavy atom. The normalized spacial score (nSPS) is 18.0. The van der Waals surface area contributed by atoms with E-state index >= 15 is 0 Å². The van der Waals surface area contributed by atoms with Gasteiger partial charge in [-0.2, -0.15) is 11.8 Å². The zero-order valence-electron chi connectivity index (χ0n) is 16.5. The van der Waals surface area contributed by atoms with Crippen LogP contribution >= 0.6 is 11.8 Å². The molecule has 0 spiro atoms. The second-order valence-electron chi connectivity index (χ2n) is 6.34. The topological polar surface area (TPSA) is 83.1 Å². The molecular weight excluding hydrogens is 394 g/mol. The first kappa shape index (κ1) is 20.9. The van der Waals surface area contributed by atoms with E-state index in [9.17, 15) is 9.59 Å². The van der Waals surface area contributed by atoms with Crippen LogP contribution in [-0.4, -0.2) is 56.9 Å². The number of benzene rings is 2. The number of hydrogen-bond acceptors (Lipinski definition) is 7. The van der Waals surface area contributed by atoms with Gasteiger partial charge >= 0.3 is 5.97 Å². The SMILES string of the molecule is COc1cc(C(=O)O[C@@H]2CSC[C@@H]2NC(=O)c2ccccc2)cc(OC)c1OC. The zero-order chi connectivity index (χ0) is 20.8. The summed E-state index contributed by atoms with van der Waals surface area (Å²) in [5, 5.41) is 2.96. The van der Waals surface area contributed by atoms with Crippen LogP contribution in [0.2, 0.25) is 0 Å². The average molecular weight is 417 g/mol. The third-order valence-electron chi connectivity index (χ3n) is 4.54. The van der Waals surface area contributed by atoms with Gasteiger partial charge in [-0.3, -0.25) is 4.79 Å². The number of carbonyl (C=O) groups excluding carboxylic acids is 2. The molecule has 2 atom stereocenters. The Morgan fingerprint density at radius 3 is 2.17 bits per heavy atom. The minimum atomic E-state index is -0.518. The van der Waals surface area contributed by atoms with E-state index in [-0.39, 0.29) is 17.5 Å². The molecule has 3 rings (SSSR count). The van der Waals surface area contributed by atoms with E-state index in [1.54, 1.807) is 48.2 Å². The molecule has 0 saturated carbocycles. The number of methoxy groups -OCH3 is 3. The molecule has 0 bridgehead atoms. The van der Waals surface area contributed by atoms with Crippen molar-refractivity contribution in [1.29, 1.82) is 0 Å². The summed E-state index contributed by atoms with van der Waals surface area (Å²) in [5.74, 6) is 1.71. The van der Waals surface area contributed by atoms with Crippen molar-refractivity contribution >= 4 is 23.6 Å². The molecule has 0 aromatic heterocycles. The van der Waals surface area contributed by atoms with Crippen LogP contribution in [0.5, 0.6) is 17.2 Å². The highest BCUT2D eigenvalue weighted by Crippen LogP contribution is 2.38. The number of ether oxygens (including phenoxy) is 4. The van der Waals surface area contributed by atoms with E-state index in [4.69, 9.17) is 18.9 Å². The fourth-order valence-electron chi connectivity index (χ4n) is 3.03. The number of amides is 1. The molecule has 1 fully saturated rings. The maximum absolute atomic E-state index is 12.7. The summed E-state index contributed by atoms with van der Waals surface area (Å²) in [6, 6.07) is 11.8. The number of carbonyl (C=O) groups is 2. The van der Waals surface area contributed by atoms with Crippen molar-refractivity contribution in [2.24, 2.45) is 0 Å². The predicted octanol–water partition coefficient (Wildman–Crippen LogP) is 2.78. The standard InChI is InChI=1S/C21H23NO6S/c1-25-16-9-14(10-17(26-2)19(16)27-3)21(24)28-18-12-29-11-15(18)22-20(23)13-7-5-4-6-8-13/h4-10,15,18H,11-12H2,1-3H3,(H,22,23)/t15-,18+/m0/s1. The Balaban J connectivity index is 1.72. The molecule has 1 aliphatic heterocycles. The molecule has 154 valence electrons. The minimum absolute atomic E-state index is 0.188. The van der Waals surface area contributed by atoms with Gasteiger partial charge in [0.2, 0.25) is 5.75 Å². The molecule has 1 aliphatic rings. The molecule has 1 heterocycles. The van der Waals surface area contributed by atoms with E-state index in [0.29, 0.717) is 34.3 Å². The Hall–Kier alpha value is -2.87. The number of thioether (sulfide) groups is 1. The molecular formula is C21H23NO6S. The lowest BCUT2D eigenvalue weighted by atomic mass is 10.1. The summed E-state index contributed by atoms with van der Waals surface area (Å²) in [7, 11) is 4.46. The molecule has 1 N–H and O–H groups in total. The van der Waals surface area contributed by atoms with Gasteiger partial charge in [0.05, 0.1) is 32.9 Å². The van der Waals surface area contributed by atoms with Gasteiger partial charge in [-0.05, 0) is 24.3 Å². The number of nitrogens with one attached hydrogen (secondary N) is 1. The van der Waals surface area contributed by atoms with Crippen LogP contribution in [0.1, 0.15) is 20.7 Å². The van der Waals surface area contributed by atoms with Gasteiger partial charge in [0.15, 0.2) is 11.5 Å². The molecule has 1 amide bonds. The minimum Gasteiger partial charge on any atom is -0.493 e. The monoisotopic (exact) mass is 417 g/mol. The molecule has 0 radical (unpaired) electrons. The highest BCUT2D eigenvalue weighted by atomic mass is 32.2. The highest BCUT2D eigenvalue weighted by molar-refractivity contribution is 7.99. The van der Waals surface area contributed by atoms with Crippen molar-refractivity contribution in [2.75, 3.05) is 32.8 Å². The maximum atomic E-state index is 12.7. The zero-order valence-corrected chi connectivity index (χ0v) is 17.3. The molecule has 0 aliphatic carbocycles. The Kier molecular flexibility index (Phi) is 6.87. The largest absolute Gasteiger partial charge is 0.493 e. The lowest BCUT2D eigenvalue weighted by molar-refractivity contribution is 0.0292. The Morgan fingerprint density at radius 1 is 0.931 bits per heavy atom. The predicted molar refractivity (Wildman–Crippen MR) is 110 cm³/mol. The number of hydrogen-bond donors (Lipinski definition) is 1. The average Bonchev–Trinajstić information content (AvgIpc) is 3.19. The molecule has 1 saturated heterocycles. The van der Waals surface area contributed by atoms with Gasteiger partial charge < -0.3 is 24.3 Å². The molecule has 8 heteroatoms. The number of rotatable bonds is 7. The van der Waals surface area contributed by atoms with Crippen molar-refractivity contribution in [3.8, 4) is 17.2 Å². The van der Waals surface area contributed by atoms with Crippen molar-refractivity contribution in [3.63, 3.8) is 0 Å². The van der Waals surface area contributed by atoms with Crippen LogP contribution in [-0.2, 0) is 4.74 Å². The lowest BCUT2D eigenvalue weighted by Gasteiger charge is -2.21. The second-order valence-corrected chi connectivity index (χ2v) is 7.42. The third kappa shape index (κ3) is 4.76. The van der Waals surface area contributed by atoms with Gasteiger partial charge in [-0.1, -0.05) is 18.2 Å². The van der Waals surface area contributed by atoms with Gasteiger partial charge in [0.25, 0.3) is 5.91 Å². The second kappa shape index (κ2) is 9.56. The molecule has 2 aromatic rings. The van der Waals surface area contributed by atoms with Crippen molar-refractivity contribution < 1.29 is 28.5 Å². The summed E-state index contributed by atoms with van der Waals surface area (Å²) >= 11 is 1.62. The maximum Gasteiger partial charge on any atom is 0.338 e. The van der Waals surface area contributed by atoms with Crippen LogP contribution in [0.4, 0.5) is 0 Å². The Labute approximate surface area is 173 Å². The smallest absolute Gasteiger partial charge is 0.338 e. The van der Waals surface area contributed by atoms with Gasteiger partial charge in [0, 0.05) is 17.1 Å². The summed E-state index contributed by atoms with van der Waals surface area (Å²) in [4.78, 5) is 25.2. The van der Waals surface area contributed by atoms with Crippen LogP contribution in [0.25, 0.3) is 0 Å². The fourth-order valence-corrected chi connectivity index (χ4v) is 4.25. The van der Waals surface area contributed by atoms with Crippen molar-refractivity contribution in [2.45, 2.75) is 12.1 Å². The summed E-state index contributed by atoms with van der Waals surface area (Å²) in [5.41, 5.74) is 0.851. The third-order valence-corrected chi connectivity index (χ3v) is 5.70. The Bertz CT molecular complexity index is 848.